The maximum absolute atomic E-state index is 12.4. The van der Waals surface area contributed by atoms with Gasteiger partial charge in [0.1, 0.15) is 11.5 Å². The summed E-state index contributed by atoms with van der Waals surface area (Å²) in [5, 5.41) is 7.05. The summed E-state index contributed by atoms with van der Waals surface area (Å²) in [7, 11) is 4.57. The Morgan fingerprint density at radius 2 is 1.83 bits per heavy atom. The van der Waals surface area contributed by atoms with Crippen molar-refractivity contribution in [1.82, 2.24) is 10.6 Å². The number of esters is 1. The average Bonchev–Trinajstić information content (AvgIpc) is 2.77. The molecule has 0 bridgehead atoms. The number of hydrogen-bond donors (Lipinski definition) is 2. The molecule has 1 aliphatic rings. The lowest BCUT2D eigenvalue weighted by molar-refractivity contribution is -0.136. The number of hydrogen-bond acceptors (Lipinski definition) is 5. The summed E-state index contributed by atoms with van der Waals surface area (Å²) in [5.74, 6) is 1.52. The maximum atomic E-state index is 12.4. The number of nitrogens with one attached hydrogen (secondary N) is 2. The van der Waals surface area contributed by atoms with Gasteiger partial charge in [-0.25, -0.2) is 9.79 Å². The number of aliphatic imine (C=N–C) groups is 1. The minimum absolute atomic E-state index is 0.372. The van der Waals surface area contributed by atoms with E-state index in [1.807, 2.05) is 37.3 Å². The molecule has 30 heavy (non-hydrogen) atoms. The van der Waals surface area contributed by atoms with Gasteiger partial charge < -0.3 is 24.8 Å². The van der Waals surface area contributed by atoms with Crippen molar-refractivity contribution in [3.63, 3.8) is 0 Å². The van der Waals surface area contributed by atoms with E-state index in [-0.39, 0.29) is 0 Å². The van der Waals surface area contributed by atoms with Crippen LogP contribution >= 0.6 is 11.6 Å². The molecule has 0 spiro atoms. The molecule has 0 aliphatic carbocycles. The zero-order valence-electron chi connectivity index (χ0n) is 17.3. The van der Waals surface area contributed by atoms with Crippen LogP contribution in [0.2, 0.25) is 5.02 Å². The van der Waals surface area contributed by atoms with E-state index >= 15 is 0 Å². The van der Waals surface area contributed by atoms with E-state index in [0.717, 1.165) is 11.1 Å². The molecule has 0 aromatic heterocycles. The van der Waals surface area contributed by atoms with Crippen LogP contribution in [0.15, 0.2) is 58.7 Å². The lowest BCUT2D eigenvalue weighted by Gasteiger charge is -2.30. The van der Waals surface area contributed by atoms with Crippen molar-refractivity contribution in [3.8, 4) is 11.5 Å². The van der Waals surface area contributed by atoms with Gasteiger partial charge in [-0.15, -0.1) is 0 Å². The molecule has 1 unspecified atom stereocenters. The Labute approximate surface area is 180 Å². The molecule has 1 aliphatic heterocycles. The highest BCUT2D eigenvalue weighted by Crippen LogP contribution is 2.29. The van der Waals surface area contributed by atoms with Gasteiger partial charge in [0.2, 0.25) is 0 Å². The van der Waals surface area contributed by atoms with Crippen LogP contribution in [-0.4, -0.2) is 33.3 Å². The van der Waals surface area contributed by atoms with Gasteiger partial charge in [-0.3, -0.25) is 0 Å². The topological polar surface area (TPSA) is 81.2 Å². The largest absolute Gasteiger partial charge is 0.497 e. The molecule has 158 valence electrons. The van der Waals surface area contributed by atoms with Gasteiger partial charge >= 0.3 is 5.97 Å². The van der Waals surface area contributed by atoms with E-state index in [0.29, 0.717) is 40.3 Å². The molecule has 0 saturated carbocycles. The number of halogens is 1. The van der Waals surface area contributed by atoms with E-state index in [1.165, 1.54) is 7.11 Å². The van der Waals surface area contributed by atoms with Gasteiger partial charge in [-0.1, -0.05) is 23.7 Å². The van der Waals surface area contributed by atoms with E-state index in [4.69, 9.17) is 25.8 Å². The van der Waals surface area contributed by atoms with Crippen molar-refractivity contribution >= 4 is 23.5 Å². The Morgan fingerprint density at radius 3 is 2.47 bits per heavy atom. The first kappa shape index (κ1) is 21.5. The SMILES string of the molecule is COC(=O)C1=C(C)NC(=NCc2ccc(OC)cc2OC)NC1c1ccc(Cl)cc1. The van der Waals surface area contributed by atoms with Crippen molar-refractivity contribution in [3.05, 3.63) is 69.9 Å². The van der Waals surface area contributed by atoms with Gasteiger partial charge in [-0.05, 0) is 36.8 Å². The third-order valence-corrected chi connectivity index (χ3v) is 5.04. The fourth-order valence-electron chi connectivity index (χ4n) is 3.22. The van der Waals surface area contributed by atoms with Crippen LogP contribution in [0, 0.1) is 0 Å². The van der Waals surface area contributed by atoms with E-state index in [9.17, 15) is 4.79 Å². The van der Waals surface area contributed by atoms with Crippen LogP contribution in [0.1, 0.15) is 24.1 Å². The van der Waals surface area contributed by atoms with Gasteiger partial charge in [0.05, 0.1) is 39.5 Å². The Bertz CT molecular complexity index is 986. The van der Waals surface area contributed by atoms with Crippen molar-refractivity contribution in [2.24, 2.45) is 4.99 Å². The average molecular weight is 430 g/mol. The quantitative estimate of drug-likeness (QED) is 0.683. The summed E-state index contributed by atoms with van der Waals surface area (Å²) >= 11 is 6.02. The second-order valence-electron chi connectivity index (χ2n) is 6.63. The molecule has 1 atom stereocenters. The number of methoxy groups -OCH3 is 3. The van der Waals surface area contributed by atoms with Crippen LogP contribution in [0.5, 0.6) is 11.5 Å². The molecule has 0 saturated heterocycles. The molecule has 2 aromatic carbocycles. The van der Waals surface area contributed by atoms with Gasteiger partial charge in [0.25, 0.3) is 0 Å². The molecule has 3 rings (SSSR count). The molecule has 2 N–H and O–H groups in total. The monoisotopic (exact) mass is 429 g/mol. The Hall–Kier alpha value is -3.19. The highest BCUT2D eigenvalue weighted by atomic mass is 35.5. The molecular formula is C22H24ClN3O4. The zero-order valence-corrected chi connectivity index (χ0v) is 18.0. The summed E-state index contributed by atoms with van der Waals surface area (Å²) in [6.45, 7) is 2.19. The number of allylic oxidation sites excluding steroid dienone is 1. The lowest BCUT2D eigenvalue weighted by atomic mass is 9.95. The van der Waals surface area contributed by atoms with E-state index in [2.05, 4.69) is 15.6 Å². The van der Waals surface area contributed by atoms with Crippen LogP contribution < -0.4 is 20.1 Å². The van der Waals surface area contributed by atoms with Crippen molar-refractivity contribution < 1.29 is 19.0 Å². The third kappa shape index (κ3) is 4.68. The molecular weight excluding hydrogens is 406 g/mol. The van der Waals surface area contributed by atoms with Crippen molar-refractivity contribution in [1.29, 1.82) is 0 Å². The van der Waals surface area contributed by atoms with Crippen molar-refractivity contribution in [2.75, 3.05) is 21.3 Å². The van der Waals surface area contributed by atoms with Crippen molar-refractivity contribution in [2.45, 2.75) is 19.5 Å². The molecule has 2 aromatic rings. The zero-order chi connectivity index (χ0) is 21.7. The number of nitrogens with zero attached hydrogens (tertiary/aromatic N) is 1. The fourth-order valence-corrected chi connectivity index (χ4v) is 3.35. The number of carbonyl (C=O) groups excluding carboxylic acids is 1. The Balaban J connectivity index is 1.91. The highest BCUT2D eigenvalue weighted by Gasteiger charge is 2.31. The summed E-state index contributed by atoms with van der Waals surface area (Å²) in [6.07, 6.45) is 0. The predicted molar refractivity (Wildman–Crippen MR) is 116 cm³/mol. The summed E-state index contributed by atoms with van der Waals surface area (Å²) in [5.41, 5.74) is 2.93. The Kier molecular flexibility index (Phi) is 6.84. The van der Waals surface area contributed by atoms with Crippen LogP contribution in [0.25, 0.3) is 0 Å². The number of ether oxygens (including phenoxy) is 3. The first-order valence-electron chi connectivity index (χ1n) is 9.30. The summed E-state index contributed by atoms with van der Waals surface area (Å²) in [6, 6.07) is 12.5. The second kappa shape index (κ2) is 9.54. The maximum Gasteiger partial charge on any atom is 0.337 e. The van der Waals surface area contributed by atoms with Gasteiger partial charge in [-0.2, -0.15) is 0 Å². The van der Waals surface area contributed by atoms with E-state index < -0.39 is 12.0 Å². The molecule has 7 nitrogen and oxygen atoms in total. The second-order valence-corrected chi connectivity index (χ2v) is 7.06. The third-order valence-electron chi connectivity index (χ3n) is 4.79. The fraction of sp³-hybridized carbons (Fsp3) is 0.273. The number of benzene rings is 2. The molecule has 0 radical (unpaired) electrons. The number of guanidine groups is 1. The number of rotatable bonds is 6. The van der Waals surface area contributed by atoms with Crippen LogP contribution in [0.4, 0.5) is 0 Å². The summed E-state index contributed by atoms with van der Waals surface area (Å²) < 4.78 is 15.7. The van der Waals surface area contributed by atoms with Crippen LogP contribution in [-0.2, 0) is 16.1 Å². The minimum atomic E-state index is -0.424. The minimum Gasteiger partial charge on any atom is -0.497 e. The number of carbonyl (C=O) groups is 1. The molecule has 0 fully saturated rings. The predicted octanol–water partition coefficient (Wildman–Crippen LogP) is 3.59. The summed E-state index contributed by atoms with van der Waals surface area (Å²) in [4.78, 5) is 17.0. The smallest absolute Gasteiger partial charge is 0.337 e. The highest BCUT2D eigenvalue weighted by molar-refractivity contribution is 6.30. The first-order valence-corrected chi connectivity index (χ1v) is 9.68. The molecule has 8 heteroatoms. The van der Waals surface area contributed by atoms with E-state index in [1.54, 1.807) is 26.4 Å². The van der Waals surface area contributed by atoms with Crippen LogP contribution in [0.3, 0.4) is 0 Å². The van der Waals surface area contributed by atoms with Gasteiger partial charge in [0.15, 0.2) is 5.96 Å². The molecule has 1 heterocycles. The first-order chi connectivity index (χ1) is 14.5. The Morgan fingerprint density at radius 1 is 1.10 bits per heavy atom. The standard InChI is InChI=1S/C22H24ClN3O4/c1-13-19(21(27)30-4)20(14-5-8-16(23)9-6-14)26-22(25-13)24-12-15-7-10-17(28-2)11-18(15)29-3/h5-11,20H,12H2,1-4H3,(H2,24,25,26). The normalized spacial score (nSPS) is 17.2. The lowest BCUT2D eigenvalue weighted by Crippen LogP contribution is -2.46. The molecule has 0 amide bonds. The van der Waals surface area contributed by atoms with Gasteiger partial charge in [0, 0.05) is 22.3 Å².